The van der Waals surface area contributed by atoms with Gasteiger partial charge in [-0.1, -0.05) is 23.2 Å². The summed E-state index contributed by atoms with van der Waals surface area (Å²) in [5.41, 5.74) is 6.23. The van der Waals surface area contributed by atoms with Crippen LogP contribution in [0.1, 0.15) is 5.56 Å². The van der Waals surface area contributed by atoms with E-state index in [4.69, 9.17) is 38.9 Å². The molecule has 0 saturated carbocycles. The zero-order valence-electron chi connectivity index (χ0n) is 9.02. The average molecular weight is 280 g/mol. The van der Waals surface area contributed by atoms with E-state index in [1.165, 1.54) is 12.3 Å². The van der Waals surface area contributed by atoms with Crippen molar-refractivity contribution in [3.8, 4) is 17.7 Å². The minimum absolute atomic E-state index is 0.160. The van der Waals surface area contributed by atoms with E-state index >= 15 is 0 Å². The molecule has 0 aliphatic rings. The lowest BCUT2D eigenvalue weighted by Gasteiger charge is -2.08. The Morgan fingerprint density at radius 3 is 2.67 bits per heavy atom. The van der Waals surface area contributed by atoms with Gasteiger partial charge in [-0.25, -0.2) is 4.98 Å². The molecule has 0 unspecified atom stereocenters. The van der Waals surface area contributed by atoms with Crippen LogP contribution in [0.15, 0.2) is 30.5 Å². The van der Waals surface area contributed by atoms with Crippen LogP contribution in [0, 0.1) is 11.3 Å². The molecule has 0 aliphatic heterocycles. The van der Waals surface area contributed by atoms with E-state index < -0.39 is 0 Å². The smallest absolute Gasteiger partial charge is 0.244 e. The fraction of sp³-hybridized carbons (Fsp3) is 0. The Kier molecular flexibility index (Phi) is 3.56. The molecule has 4 nitrogen and oxygen atoms in total. The van der Waals surface area contributed by atoms with Crippen LogP contribution >= 0.6 is 23.2 Å². The number of nitrogen functional groups attached to an aromatic ring is 1. The van der Waals surface area contributed by atoms with Gasteiger partial charge in [0.05, 0.1) is 15.6 Å². The molecule has 0 spiro atoms. The number of anilines is 1. The summed E-state index contributed by atoms with van der Waals surface area (Å²) in [6, 6.07) is 8.24. The molecule has 0 radical (unpaired) electrons. The Balaban J connectivity index is 2.35. The molecule has 0 amide bonds. The highest BCUT2D eigenvalue weighted by Gasteiger charge is 2.09. The maximum absolute atomic E-state index is 8.84. The molecule has 1 aromatic carbocycles. The summed E-state index contributed by atoms with van der Waals surface area (Å²) in [6.07, 6.45) is 1.45. The fourth-order valence-corrected chi connectivity index (χ4v) is 1.57. The summed E-state index contributed by atoms with van der Waals surface area (Å²) >= 11 is 11.7. The Morgan fingerprint density at radius 2 is 2.00 bits per heavy atom. The summed E-state index contributed by atoms with van der Waals surface area (Å²) in [7, 11) is 0. The van der Waals surface area contributed by atoms with Gasteiger partial charge in [0, 0.05) is 12.3 Å². The van der Waals surface area contributed by atoms with E-state index in [-0.39, 0.29) is 11.6 Å². The van der Waals surface area contributed by atoms with Crippen LogP contribution < -0.4 is 10.5 Å². The first-order valence-electron chi connectivity index (χ1n) is 4.89. The average Bonchev–Trinajstić information content (AvgIpc) is 2.36. The van der Waals surface area contributed by atoms with Gasteiger partial charge in [0.15, 0.2) is 0 Å². The Bertz CT molecular complexity index is 638. The zero-order chi connectivity index (χ0) is 13.1. The second-order valence-electron chi connectivity index (χ2n) is 3.37. The Morgan fingerprint density at radius 1 is 1.22 bits per heavy atom. The molecule has 0 atom stereocenters. The van der Waals surface area contributed by atoms with Crippen LogP contribution in [0.3, 0.4) is 0 Å². The van der Waals surface area contributed by atoms with E-state index in [0.29, 0.717) is 21.4 Å². The molecular formula is C12H7Cl2N3O. The third-order valence-corrected chi connectivity index (χ3v) is 2.92. The van der Waals surface area contributed by atoms with Crippen LogP contribution in [0.2, 0.25) is 10.0 Å². The zero-order valence-corrected chi connectivity index (χ0v) is 10.5. The molecule has 2 rings (SSSR count). The number of hydrogen-bond acceptors (Lipinski definition) is 4. The van der Waals surface area contributed by atoms with Crippen LogP contribution in [-0.2, 0) is 0 Å². The van der Waals surface area contributed by atoms with Crippen LogP contribution in [-0.4, -0.2) is 4.98 Å². The summed E-state index contributed by atoms with van der Waals surface area (Å²) in [6.45, 7) is 0. The molecule has 0 aliphatic carbocycles. The van der Waals surface area contributed by atoms with E-state index in [0.717, 1.165) is 0 Å². The van der Waals surface area contributed by atoms with Gasteiger partial charge in [-0.15, -0.1) is 0 Å². The van der Waals surface area contributed by atoms with Gasteiger partial charge in [-0.2, -0.15) is 5.26 Å². The van der Waals surface area contributed by atoms with Crippen molar-refractivity contribution in [3.05, 3.63) is 46.1 Å². The highest BCUT2D eigenvalue weighted by Crippen LogP contribution is 2.31. The molecule has 2 aromatic rings. The summed E-state index contributed by atoms with van der Waals surface area (Å²) in [5.74, 6) is 0.603. The summed E-state index contributed by atoms with van der Waals surface area (Å²) < 4.78 is 5.46. The van der Waals surface area contributed by atoms with E-state index in [2.05, 4.69) is 4.98 Å². The van der Waals surface area contributed by atoms with Crippen LogP contribution in [0.4, 0.5) is 5.69 Å². The molecule has 1 heterocycles. The largest absolute Gasteiger partial charge is 0.437 e. The van der Waals surface area contributed by atoms with Crippen LogP contribution in [0.25, 0.3) is 0 Å². The van der Waals surface area contributed by atoms with Gasteiger partial charge in [0.1, 0.15) is 17.5 Å². The molecule has 90 valence electrons. The quantitative estimate of drug-likeness (QED) is 0.911. The van der Waals surface area contributed by atoms with Gasteiger partial charge in [0.25, 0.3) is 0 Å². The van der Waals surface area contributed by atoms with Gasteiger partial charge >= 0.3 is 0 Å². The lowest BCUT2D eigenvalue weighted by Crippen LogP contribution is -1.97. The van der Waals surface area contributed by atoms with Crippen LogP contribution in [0.5, 0.6) is 11.6 Å². The molecular weight excluding hydrogens is 273 g/mol. The molecule has 0 saturated heterocycles. The van der Waals surface area contributed by atoms with Gasteiger partial charge in [-0.3, -0.25) is 0 Å². The minimum atomic E-state index is 0.160. The first kappa shape index (κ1) is 12.5. The van der Waals surface area contributed by atoms with Gasteiger partial charge in [0.2, 0.25) is 5.88 Å². The number of nitrogens with two attached hydrogens (primary N) is 1. The van der Waals surface area contributed by atoms with Crippen molar-refractivity contribution >= 4 is 28.9 Å². The maximum atomic E-state index is 8.84. The van der Waals surface area contributed by atoms with E-state index in [1.54, 1.807) is 18.2 Å². The number of nitrogens with zero attached hydrogens (tertiary/aromatic N) is 2. The maximum Gasteiger partial charge on any atom is 0.244 e. The number of aromatic nitrogens is 1. The van der Waals surface area contributed by atoms with Crippen molar-refractivity contribution in [2.24, 2.45) is 0 Å². The second kappa shape index (κ2) is 5.13. The SMILES string of the molecule is N#Cc1ccnc(Oc2ccc(Cl)c(Cl)c2)c1N. The standard InChI is InChI=1S/C12H7Cl2N3O/c13-9-2-1-8(5-10(9)14)18-12-11(16)7(6-15)3-4-17-12/h1-5H,16H2. The number of hydrogen-bond donors (Lipinski definition) is 1. The lowest BCUT2D eigenvalue weighted by molar-refractivity contribution is 0.465. The monoisotopic (exact) mass is 279 g/mol. The minimum Gasteiger partial charge on any atom is -0.437 e. The lowest BCUT2D eigenvalue weighted by atomic mass is 10.2. The number of benzene rings is 1. The van der Waals surface area contributed by atoms with Crippen molar-refractivity contribution in [2.75, 3.05) is 5.73 Å². The summed E-state index contributed by atoms with van der Waals surface area (Å²) in [5, 5.41) is 9.63. The Labute approximate surface area is 114 Å². The van der Waals surface area contributed by atoms with E-state index in [9.17, 15) is 0 Å². The molecule has 18 heavy (non-hydrogen) atoms. The number of rotatable bonds is 2. The van der Waals surface area contributed by atoms with E-state index in [1.807, 2.05) is 6.07 Å². The number of ether oxygens (including phenoxy) is 1. The third kappa shape index (κ3) is 2.48. The second-order valence-corrected chi connectivity index (χ2v) is 4.18. The summed E-state index contributed by atoms with van der Waals surface area (Å²) in [4.78, 5) is 3.96. The van der Waals surface area contributed by atoms with Gasteiger partial charge in [-0.05, 0) is 18.2 Å². The van der Waals surface area contributed by atoms with Crippen molar-refractivity contribution in [3.63, 3.8) is 0 Å². The van der Waals surface area contributed by atoms with Gasteiger partial charge < -0.3 is 10.5 Å². The first-order chi connectivity index (χ1) is 8.61. The number of halogens is 2. The first-order valence-corrected chi connectivity index (χ1v) is 5.65. The highest BCUT2D eigenvalue weighted by molar-refractivity contribution is 6.42. The van der Waals surface area contributed by atoms with Crippen molar-refractivity contribution in [1.29, 1.82) is 5.26 Å². The molecule has 0 bridgehead atoms. The van der Waals surface area contributed by atoms with Crippen molar-refractivity contribution in [2.45, 2.75) is 0 Å². The molecule has 2 N–H and O–H groups in total. The molecule has 0 fully saturated rings. The molecule has 1 aromatic heterocycles. The molecule has 6 heteroatoms. The van der Waals surface area contributed by atoms with Crippen molar-refractivity contribution in [1.82, 2.24) is 4.98 Å². The number of nitriles is 1. The Hall–Kier alpha value is -1.96. The number of pyridine rings is 1. The van der Waals surface area contributed by atoms with Crippen molar-refractivity contribution < 1.29 is 4.74 Å². The predicted octanol–water partition coefficient (Wildman–Crippen LogP) is 3.63. The fourth-order valence-electron chi connectivity index (χ4n) is 1.28. The normalized spacial score (nSPS) is 9.83. The third-order valence-electron chi connectivity index (χ3n) is 2.18. The topological polar surface area (TPSA) is 71.9 Å². The predicted molar refractivity (Wildman–Crippen MR) is 69.9 cm³/mol. The highest BCUT2D eigenvalue weighted by atomic mass is 35.5.